The first-order valence-corrected chi connectivity index (χ1v) is 10.3. The Balaban J connectivity index is 0.000000821. The van der Waals surface area contributed by atoms with Gasteiger partial charge in [-0.3, -0.25) is 0 Å². The zero-order valence-corrected chi connectivity index (χ0v) is 17.6. The molecule has 2 N–H and O–H groups in total. The van der Waals surface area contributed by atoms with E-state index in [1.807, 2.05) is 18.2 Å². The molecule has 2 aromatic heterocycles. The van der Waals surface area contributed by atoms with Gasteiger partial charge < -0.3 is 20.1 Å². The molecule has 172 valence electrons. The van der Waals surface area contributed by atoms with Gasteiger partial charge in [-0.15, -0.1) is 10.2 Å². The first-order chi connectivity index (χ1) is 16.0. The Labute approximate surface area is 188 Å². The van der Waals surface area contributed by atoms with Crippen molar-refractivity contribution in [3.05, 3.63) is 60.6 Å². The standard InChI is InChI=1S/C22H20FN5O2.CH2F2/c1-2-13-6-7-20(24-10-13)30-15-8-14-11-25-22-19(28(14)12-15)9-18(26-27-22)16-4-3-5-17(23)21(16)29;2-1-3/h2-7,9-10,14-15,29H,1,8,11-12H2,(H,25,27);1H2. The predicted octanol–water partition coefficient (Wildman–Crippen LogP) is 4.36. The van der Waals surface area contributed by atoms with Gasteiger partial charge in [-0.2, -0.15) is 0 Å². The number of phenols is 1. The van der Waals surface area contributed by atoms with E-state index >= 15 is 0 Å². The van der Waals surface area contributed by atoms with Crippen molar-refractivity contribution in [1.29, 1.82) is 0 Å². The van der Waals surface area contributed by atoms with Gasteiger partial charge in [0.2, 0.25) is 12.8 Å². The highest BCUT2D eigenvalue weighted by Gasteiger charge is 2.38. The molecule has 33 heavy (non-hydrogen) atoms. The van der Waals surface area contributed by atoms with Crippen LogP contribution in [0.25, 0.3) is 17.3 Å². The van der Waals surface area contributed by atoms with Crippen molar-refractivity contribution in [2.24, 2.45) is 0 Å². The van der Waals surface area contributed by atoms with Crippen LogP contribution in [0.4, 0.5) is 24.7 Å². The van der Waals surface area contributed by atoms with Crippen molar-refractivity contribution in [2.75, 3.05) is 30.2 Å². The quantitative estimate of drug-likeness (QED) is 0.602. The Morgan fingerprint density at radius 3 is 2.79 bits per heavy atom. The van der Waals surface area contributed by atoms with Gasteiger partial charge in [-0.05, 0) is 29.8 Å². The van der Waals surface area contributed by atoms with Crippen molar-refractivity contribution in [3.63, 3.8) is 0 Å². The SMILES string of the molecule is C=Cc1ccc(OC2CC3CNc4nnc(-c5cccc(F)c5O)cc4N3C2)nc1.FCF. The smallest absolute Gasteiger partial charge is 0.229 e. The van der Waals surface area contributed by atoms with Crippen LogP contribution in [0.5, 0.6) is 11.6 Å². The second-order valence-electron chi connectivity index (χ2n) is 7.50. The third kappa shape index (κ3) is 4.69. The minimum atomic E-state index is -1.75. The third-order valence-electron chi connectivity index (χ3n) is 5.51. The zero-order valence-electron chi connectivity index (χ0n) is 17.6. The molecule has 1 saturated heterocycles. The molecule has 0 saturated carbocycles. The fourth-order valence-electron chi connectivity index (χ4n) is 4.00. The topological polar surface area (TPSA) is 83.4 Å². The van der Waals surface area contributed by atoms with Crippen LogP contribution >= 0.6 is 0 Å². The van der Waals surface area contributed by atoms with E-state index in [0.717, 1.165) is 24.2 Å². The molecule has 0 spiro atoms. The van der Waals surface area contributed by atoms with Crippen LogP contribution in [0.2, 0.25) is 0 Å². The van der Waals surface area contributed by atoms with Gasteiger partial charge in [-0.25, -0.2) is 18.2 Å². The molecule has 1 fully saturated rings. The largest absolute Gasteiger partial charge is 0.504 e. The lowest BCUT2D eigenvalue weighted by atomic mass is 10.1. The van der Waals surface area contributed by atoms with Gasteiger partial charge in [0, 0.05) is 30.8 Å². The van der Waals surface area contributed by atoms with E-state index in [-0.39, 0.29) is 12.1 Å². The number of rotatable bonds is 4. The maximum absolute atomic E-state index is 13.8. The fraction of sp³-hybridized carbons (Fsp3) is 0.261. The highest BCUT2D eigenvalue weighted by Crippen LogP contribution is 2.39. The van der Waals surface area contributed by atoms with Gasteiger partial charge in [-0.1, -0.05) is 18.7 Å². The molecule has 0 bridgehead atoms. The van der Waals surface area contributed by atoms with Gasteiger partial charge in [0.15, 0.2) is 17.4 Å². The van der Waals surface area contributed by atoms with Crippen LogP contribution in [0.3, 0.4) is 0 Å². The van der Waals surface area contributed by atoms with E-state index in [2.05, 4.69) is 32.0 Å². The van der Waals surface area contributed by atoms with Gasteiger partial charge in [0.05, 0.1) is 24.0 Å². The van der Waals surface area contributed by atoms with Crippen LogP contribution < -0.4 is 15.0 Å². The number of fused-ring (bicyclic) bond motifs is 3. The highest BCUT2D eigenvalue weighted by atomic mass is 19.3. The van der Waals surface area contributed by atoms with Crippen LogP contribution in [-0.2, 0) is 0 Å². The highest BCUT2D eigenvalue weighted by molar-refractivity contribution is 5.76. The molecule has 2 atom stereocenters. The summed E-state index contributed by atoms with van der Waals surface area (Å²) in [5.41, 5.74) is 2.53. The third-order valence-corrected chi connectivity index (χ3v) is 5.51. The molecule has 0 radical (unpaired) electrons. The van der Waals surface area contributed by atoms with Crippen molar-refractivity contribution in [3.8, 4) is 22.9 Å². The van der Waals surface area contributed by atoms with Crippen molar-refractivity contribution < 1.29 is 23.0 Å². The summed E-state index contributed by atoms with van der Waals surface area (Å²) >= 11 is 0. The second kappa shape index (κ2) is 9.76. The maximum atomic E-state index is 13.8. The number of para-hydroxylation sites is 1. The number of aromatic nitrogens is 3. The number of pyridine rings is 1. The number of phenolic OH excluding ortho intramolecular Hbond substituents is 1. The summed E-state index contributed by atoms with van der Waals surface area (Å²) < 4.78 is 39.1. The molecule has 5 rings (SSSR count). The van der Waals surface area contributed by atoms with E-state index in [0.29, 0.717) is 29.5 Å². The van der Waals surface area contributed by atoms with Crippen LogP contribution in [0.1, 0.15) is 12.0 Å². The molecule has 0 aliphatic carbocycles. The summed E-state index contributed by atoms with van der Waals surface area (Å²) in [6.45, 7) is 3.38. The minimum Gasteiger partial charge on any atom is -0.504 e. The summed E-state index contributed by atoms with van der Waals surface area (Å²) in [5, 5.41) is 21.8. The summed E-state index contributed by atoms with van der Waals surface area (Å²) in [5.74, 6) is 0.133. The first kappa shape index (κ1) is 22.4. The Kier molecular flexibility index (Phi) is 6.62. The molecule has 2 aliphatic heterocycles. The lowest BCUT2D eigenvalue weighted by Crippen LogP contribution is -2.40. The number of hydrogen-bond acceptors (Lipinski definition) is 7. The summed E-state index contributed by atoms with van der Waals surface area (Å²) in [7, 11) is 0. The summed E-state index contributed by atoms with van der Waals surface area (Å²) in [4.78, 5) is 6.56. The Morgan fingerprint density at radius 1 is 1.24 bits per heavy atom. The van der Waals surface area contributed by atoms with Crippen molar-refractivity contribution in [2.45, 2.75) is 18.6 Å². The second-order valence-corrected chi connectivity index (χ2v) is 7.50. The molecular formula is C23H22F3N5O2. The Morgan fingerprint density at radius 2 is 2.06 bits per heavy atom. The number of aromatic hydroxyl groups is 1. The molecule has 3 aromatic rings. The van der Waals surface area contributed by atoms with Crippen LogP contribution in [0.15, 0.2) is 49.2 Å². The Bertz CT molecular complexity index is 1130. The summed E-state index contributed by atoms with van der Waals surface area (Å²) in [6, 6.07) is 10.2. The minimum absolute atomic E-state index is 0.0241. The maximum Gasteiger partial charge on any atom is 0.229 e. The molecule has 2 aliphatic rings. The number of anilines is 2. The average molecular weight is 457 g/mol. The lowest BCUT2D eigenvalue weighted by molar-refractivity contribution is 0.212. The molecule has 0 amide bonds. The van der Waals surface area contributed by atoms with Gasteiger partial charge in [0.1, 0.15) is 6.10 Å². The van der Waals surface area contributed by atoms with Crippen LogP contribution in [0, 0.1) is 5.82 Å². The van der Waals surface area contributed by atoms with E-state index in [1.54, 1.807) is 18.3 Å². The normalized spacial score (nSPS) is 18.3. The van der Waals surface area contributed by atoms with Crippen molar-refractivity contribution >= 4 is 17.6 Å². The molecule has 7 nitrogen and oxygen atoms in total. The fourth-order valence-corrected chi connectivity index (χ4v) is 4.00. The van der Waals surface area contributed by atoms with E-state index < -0.39 is 18.5 Å². The number of alkyl halides is 2. The van der Waals surface area contributed by atoms with Crippen molar-refractivity contribution in [1.82, 2.24) is 15.2 Å². The molecular weight excluding hydrogens is 435 g/mol. The monoisotopic (exact) mass is 457 g/mol. The van der Waals surface area contributed by atoms with E-state index in [4.69, 9.17) is 4.74 Å². The average Bonchev–Trinajstić information content (AvgIpc) is 3.24. The molecule has 10 heteroatoms. The number of hydrogen-bond donors (Lipinski definition) is 2. The molecule has 4 heterocycles. The van der Waals surface area contributed by atoms with Gasteiger partial charge in [0.25, 0.3) is 0 Å². The first-order valence-electron chi connectivity index (χ1n) is 10.3. The number of halogens is 3. The van der Waals surface area contributed by atoms with E-state index in [9.17, 15) is 18.3 Å². The number of benzene rings is 1. The number of nitrogens with one attached hydrogen (secondary N) is 1. The van der Waals surface area contributed by atoms with E-state index in [1.165, 1.54) is 12.1 Å². The van der Waals surface area contributed by atoms with Gasteiger partial charge >= 0.3 is 0 Å². The van der Waals surface area contributed by atoms with Crippen LogP contribution in [-0.4, -0.2) is 52.5 Å². The lowest BCUT2D eigenvalue weighted by Gasteiger charge is -2.33. The predicted molar refractivity (Wildman–Crippen MR) is 119 cm³/mol. The Hall–Kier alpha value is -3.82. The zero-order chi connectivity index (χ0) is 23.4. The molecule has 2 unspecified atom stereocenters. The number of ether oxygens (including phenoxy) is 1. The summed E-state index contributed by atoms with van der Waals surface area (Å²) in [6.07, 6.45) is 4.28. The number of nitrogens with zero attached hydrogens (tertiary/aromatic N) is 4. The molecule has 1 aromatic carbocycles.